The molecule has 3 N–H and O–H groups in total. The van der Waals surface area contributed by atoms with E-state index in [0.717, 1.165) is 6.42 Å². The fraction of sp³-hybridized carbons (Fsp3) is 0.583. The third kappa shape index (κ3) is 2.86. The summed E-state index contributed by atoms with van der Waals surface area (Å²) >= 11 is 0. The first-order valence-corrected chi connectivity index (χ1v) is 6.68. The molecule has 114 valence electrons. The Morgan fingerprint density at radius 2 is 2.24 bits per heavy atom. The number of primary amides is 1. The number of hydrogen-bond donors (Lipinski definition) is 2. The Morgan fingerprint density at radius 1 is 1.52 bits per heavy atom. The first-order chi connectivity index (χ1) is 9.95. The number of nitrogens with zero attached hydrogens (tertiary/aromatic N) is 4. The van der Waals surface area contributed by atoms with E-state index < -0.39 is 10.8 Å². The molecule has 9 nitrogen and oxygen atoms in total. The minimum atomic E-state index is -0.512. The van der Waals surface area contributed by atoms with Gasteiger partial charge in [-0.15, -0.1) is 0 Å². The minimum Gasteiger partial charge on any atom is -0.369 e. The molecule has 1 aromatic rings. The van der Waals surface area contributed by atoms with Gasteiger partial charge in [0.05, 0.1) is 10.8 Å². The molecule has 9 heteroatoms. The molecule has 0 aliphatic carbocycles. The molecule has 1 saturated heterocycles. The lowest BCUT2D eigenvalue weighted by Gasteiger charge is -2.37. The van der Waals surface area contributed by atoms with E-state index in [1.54, 1.807) is 11.9 Å². The minimum absolute atomic E-state index is 0.0407. The van der Waals surface area contributed by atoms with Gasteiger partial charge < -0.3 is 16.0 Å². The second-order valence-corrected chi connectivity index (χ2v) is 5.08. The third-order valence-corrected chi connectivity index (χ3v) is 3.78. The van der Waals surface area contributed by atoms with Crippen molar-refractivity contribution in [2.45, 2.75) is 25.8 Å². The molecule has 1 amide bonds. The number of amides is 1. The normalized spacial score (nSPS) is 21.9. The highest BCUT2D eigenvalue weighted by molar-refractivity contribution is 5.78. The third-order valence-electron chi connectivity index (χ3n) is 3.78. The van der Waals surface area contributed by atoms with Gasteiger partial charge in [0.25, 0.3) is 0 Å². The molecular weight excluding hydrogens is 276 g/mol. The van der Waals surface area contributed by atoms with Gasteiger partial charge in [-0.3, -0.25) is 14.9 Å². The molecule has 2 heterocycles. The zero-order chi connectivity index (χ0) is 15.6. The number of piperidine rings is 1. The summed E-state index contributed by atoms with van der Waals surface area (Å²) < 4.78 is 0. The summed E-state index contributed by atoms with van der Waals surface area (Å²) in [6, 6.07) is 0.0407. The molecule has 0 aromatic carbocycles. The first kappa shape index (κ1) is 14.9. The Balaban J connectivity index is 2.44. The van der Waals surface area contributed by atoms with Crippen LogP contribution in [-0.4, -0.2) is 40.4 Å². The monoisotopic (exact) mass is 294 g/mol. The van der Waals surface area contributed by atoms with Crippen molar-refractivity contribution in [3.8, 4) is 0 Å². The number of anilines is 2. The molecule has 1 aliphatic heterocycles. The summed E-state index contributed by atoms with van der Waals surface area (Å²) in [6.07, 6.45) is 2.68. The van der Waals surface area contributed by atoms with Crippen LogP contribution in [0.15, 0.2) is 6.33 Å². The van der Waals surface area contributed by atoms with Crippen LogP contribution >= 0.6 is 0 Å². The van der Waals surface area contributed by atoms with E-state index in [2.05, 4.69) is 15.3 Å². The van der Waals surface area contributed by atoms with Crippen LogP contribution in [0.5, 0.6) is 0 Å². The molecule has 0 saturated carbocycles. The highest BCUT2D eigenvalue weighted by atomic mass is 16.6. The lowest BCUT2D eigenvalue weighted by Crippen LogP contribution is -2.46. The Kier molecular flexibility index (Phi) is 4.20. The highest BCUT2D eigenvalue weighted by Crippen LogP contribution is 2.35. The quantitative estimate of drug-likeness (QED) is 0.612. The Morgan fingerprint density at radius 3 is 2.81 bits per heavy atom. The van der Waals surface area contributed by atoms with Gasteiger partial charge in [-0.25, -0.2) is 9.97 Å². The van der Waals surface area contributed by atoms with Gasteiger partial charge in [0, 0.05) is 19.6 Å². The molecule has 21 heavy (non-hydrogen) atoms. The van der Waals surface area contributed by atoms with Crippen LogP contribution < -0.4 is 16.0 Å². The predicted molar refractivity (Wildman–Crippen MR) is 77.0 cm³/mol. The van der Waals surface area contributed by atoms with Crippen molar-refractivity contribution >= 4 is 23.2 Å². The molecule has 2 rings (SSSR count). The maximum absolute atomic E-state index is 11.4. The van der Waals surface area contributed by atoms with Crippen molar-refractivity contribution in [1.82, 2.24) is 9.97 Å². The SMILES string of the molecule is CNc1ncnc(N2CC(C(N)=O)CCC2C)c1[N+](=O)[O-]. The van der Waals surface area contributed by atoms with E-state index in [0.29, 0.717) is 13.0 Å². The van der Waals surface area contributed by atoms with Gasteiger partial charge in [-0.2, -0.15) is 0 Å². The molecule has 2 unspecified atom stereocenters. The summed E-state index contributed by atoms with van der Waals surface area (Å²) in [7, 11) is 1.56. The number of nitro groups is 1. The fourth-order valence-electron chi connectivity index (χ4n) is 2.57. The molecular formula is C12H18N6O3. The first-order valence-electron chi connectivity index (χ1n) is 6.68. The fourth-order valence-corrected chi connectivity index (χ4v) is 2.57. The second kappa shape index (κ2) is 5.90. The maximum Gasteiger partial charge on any atom is 0.353 e. The molecule has 1 fully saturated rings. The van der Waals surface area contributed by atoms with Gasteiger partial charge >= 0.3 is 5.69 Å². The van der Waals surface area contributed by atoms with E-state index >= 15 is 0 Å². The standard InChI is InChI=1S/C12H18N6O3/c1-7-3-4-8(10(13)19)5-17(7)12-9(18(20)21)11(14-2)15-6-16-12/h6-8H,3-5H2,1-2H3,(H2,13,19)(H,14,15,16). The van der Waals surface area contributed by atoms with Gasteiger partial charge in [0.15, 0.2) is 0 Å². The van der Waals surface area contributed by atoms with E-state index in [4.69, 9.17) is 5.73 Å². The van der Waals surface area contributed by atoms with Crippen LogP contribution in [0.4, 0.5) is 17.3 Å². The van der Waals surface area contributed by atoms with Crippen LogP contribution in [0.1, 0.15) is 19.8 Å². The lowest BCUT2D eigenvalue weighted by atomic mass is 9.93. The van der Waals surface area contributed by atoms with Crippen molar-refractivity contribution in [3.05, 3.63) is 16.4 Å². The number of aromatic nitrogens is 2. The van der Waals surface area contributed by atoms with E-state index in [-0.39, 0.29) is 29.3 Å². The number of nitrogens with two attached hydrogens (primary N) is 1. The van der Waals surface area contributed by atoms with Crippen molar-refractivity contribution in [2.24, 2.45) is 11.7 Å². The molecule has 1 aromatic heterocycles. The second-order valence-electron chi connectivity index (χ2n) is 5.08. The van der Waals surface area contributed by atoms with Gasteiger partial charge in [-0.1, -0.05) is 0 Å². The summed E-state index contributed by atoms with van der Waals surface area (Å²) in [5.74, 6) is -0.345. The van der Waals surface area contributed by atoms with Gasteiger partial charge in [0.1, 0.15) is 6.33 Å². The zero-order valence-corrected chi connectivity index (χ0v) is 11.9. The number of nitrogens with one attached hydrogen (secondary N) is 1. The Labute approximate surface area is 121 Å². The van der Waals surface area contributed by atoms with Crippen LogP contribution in [0.2, 0.25) is 0 Å². The summed E-state index contributed by atoms with van der Waals surface area (Å²) in [4.78, 5) is 31.9. The summed E-state index contributed by atoms with van der Waals surface area (Å²) in [5, 5.41) is 14.0. The van der Waals surface area contributed by atoms with E-state index in [1.807, 2.05) is 6.92 Å². The smallest absolute Gasteiger partial charge is 0.353 e. The van der Waals surface area contributed by atoms with Crippen molar-refractivity contribution in [1.29, 1.82) is 0 Å². The van der Waals surface area contributed by atoms with Crippen molar-refractivity contribution in [3.63, 3.8) is 0 Å². The molecule has 0 bridgehead atoms. The maximum atomic E-state index is 11.4. The zero-order valence-electron chi connectivity index (χ0n) is 11.9. The van der Waals surface area contributed by atoms with Gasteiger partial charge in [0.2, 0.25) is 17.5 Å². The summed E-state index contributed by atoms with van der Waals surface area (Å²) in [6.45, 7) is 2.28. The molecule has 2 atom stereocenters. The lowest BCUT2D eigenvalue weighted by molar-refractivity contribution is -0.383. The Bertz CT molecular complexity index is 564. The molecule has 0 spiro atoms. The molecule has 1 aliphatic rings. The topological polar surface area (TPSA) is 127 Å². The van der Waals surface area contributed by atoms with Crippen molar-refractivity contribution in [2.75, 3.05) is 23.8 Å². The number of carbonyl (C=O) groups is 1. The predicted octanol–water partition coefficient (Wildman–Crippen LogP) is 0.517. The summed E-state index contributed by atoms with van der Waals surface area (Å²) in [5.41, 5.74) is 5.18. The van der Waals surface area contributed by atoms with Crippen LogP contribution in [0.3, 0.4) is 0 Å². The van der Waals surface area contributed by atoms with Crippen molar-refractivity contribution < 1.29 is 9.72 Å². The average molecular weight is 294 g/mol. The number of rotatable bonds is 4. The number of hydrogen-bond acceptors (Lipinski definition) is 7. The van der Waals surface area contributed by atoms with E-state index in [1.165, 1.54) is 6.33 Å². The van der Waals surface area contributed by atoms with Crippen LogP contribution in [0.25, 0.3) is 0 Å². The Hall–Kier alpha value is -2.45. The molecule has 0 radical (unpaired) electrons. The van der Waals surface area contributed by atoms with Gasteiger partial charge in [-0.05, 0) is 19.8 Å². The van der Waals surface area contributed by atoms with E-state index in [9.17, 15) is 14.9 Å². The number of carbonyl (C=O) groups excluding carboxylic acids is 1. The largest absolute Gasteiger partial charge is 0.369 e. The van der Waals surface area contributed by atoms with Crippen LogP contribution in [-0.2, 0) is 4.79 Å². The van der Waals surface area contributed by atoms with Crippen LogP contribution in [0, 0.1) is 16.0 Å². The highest BCUT2D eigenvalue weighted by Gasteiger charge is 2.34. The average Bonchev–Trinajstić information content (AvgIpc) is 2.46.